The number of nitrogens with zero attached hydrogens (tertiary/aromatic N) is 1. The molecule has 2 heteroatoms. The molecule has 19 heavy (non-hydrogen) atoms. The molecule has 0 aromatic heterocycles. The van der Waals surface area contributed by atoms with Crippen LogP contribution in [0.2, 0.25) is 0 Å². The van der Waals surface area contributed by atoms with Crippen molar-refractivity contribution in [2.75, 3.05) is 13.1 Å². The maximum atomic E-state index is 10.4. The molecule has 0 amide bonds. The molecule has 4 unspecified atom stereocenters. The van der Waals surface area contributed by atoms with Crippen molar-refractivity contribution >= 4 is 0 Å². The second-order valence-corrected chi connectivity index (χ2v) is 7.92. The van der Waals surface area contributed by atoms with Crippen LogP contribution in [0.25, 0.3) is 0 Å². The minimum atomic E-state index is -0.0887. The van der Waals surface area contributed by atoms with E-state index in [1.165, 1.54) is 45.2 Å². The highest BCUT2D eigenvalue weighted by Gasteiger charge is 2.38. The van der Waals surface area contributed by atoms with Crippen molar-refractivity contribution in [3.8, 4) is 0 Å². The summed E-state index contributed by atoms with van der Waals surface area (Å²) in [5.41, 5.74) is 0.387. The van der Waals surface area contributed by atoms with E-state index in [1.54, 1.807) is 0 Å². The van der Waals surface area contributed by atoms with Gasteiger partial charge in [-0.3, -0.25) is 4.90 Å². The van der Waals surface area contributed by atoms with E-state index in [9.17, 15) is 5.11 Å². The normalized spacial score (nSPS) is 38.4. The average Bonchev–Trinajstić information content (AvgIpc) is 2.38. The molecular formula is C17H33NO. The lowest BCUT2D eigenvalue weighted by Gasteiger charge is -2.46. The Kier molecular flexibility index (Phi) is 4.94. The minimum absolute atomic E-state index is 0.0887. The van der Waals surface area contributed by atoms with Gasteiger partial charge in [-0.05, 0) is 55.9 Å². The molecule has 4 atom stereocenters. The SMILES string of the molecule is CCC1CCCN(C2CC(C(C)(C)C)CCC2O)C1. The molecule has 1 N–H and O–H groups in total. The molecule has 0 bridgehead atoms. The maximum Gasteiger partial charge on any atom is 0.0695 e. The number of hydrogen-bond acceptors (Lipinski definition) is 2. The molecule has 1 saturated heterocycles. The Morgan fingerprint density at radius 1 is 1.16 bits per heavy atom. The molecule has 1 heterocycles. The van der Waals surface area contributed by atoms with Gasteiger partial charge in [-0.2, -0.15) is 0 Å². The van der Waals surface area contributed by atoms with Gasteiger partial charge in [0.05, 0.1) is 6.10 Å². The molecule has 0 spiro atoms. The Labute approximate surface area is 119 Å². The molecule has 2 rings (SSSR count). The number of rotatable bonds is 2. The number of hydrogen-bond donors (Lipinski definition) is 1. The van der Waals surface area contributed by atoms with E-state index in [0.29, 0.717) is 11.5 Å². The third-order valence-electron chi connectivity index (χ3n) is 5.60. The first-order valence-corrected chi connectivity index (χ1v) is 8.34. The molecule has 0 radical (unpaired) electrons. The van der Waals surface area contributed by atoms with E-state index < -0.39 is 0 Å². The minimum Gasteiger partial charge on any atom is -0.391 e. The number of piperidine rings is 1. The number of likely N-dealkylation sites (tertiary alicyclic amines) is 1. The van der Waals surface area contributed by atoms with Gasteiger partial charge < -0.3 is 5.11 Å². The summed E-state index contributed by atoms with van der Waals surface area (Å²) in [6.07, 6.45) is 7.31. The van der Waals surface area contributed by atoms with Crippen molar-refractivity contribution in [2.24, 2.45) is 17.3 Å². The lowest BCUT2D eigenvalue weighted by molar-refractivity contribution is -0.0313. The quantitative estimate of drug-likeness (QED) is 0.825. The molecule has 1 aliphatic heterocycles. The molecular weight excluding hydrogens is 234 g/mol. The zero-order valence-corrected chi connectivity index (χ0v) is 13.4. The summed E-state index contributed by atoms with van der Waals surface area (Å²) in [7, 11) is 0. The molecule has 112 valence electrons. The van der Waals surface area contributed by atoms with Crippen molar-refractivity contribution in [1.82, 2.24) is 4.90 Å². The summed E-state index contributed by atoms with van der Waals surface area (Å²) in [4.78, 5) is 2.61. The van der Waals surface area contributed by atoms with Crippen molar-refractivity contribution in [3.05, 3.63) is 0 Å². The third-order valence-corrected chi connectivity index (χ3v) is 5.60. The van der Waals surface area contributed by atoms with E-state index in [0.717, 1.165) is 18.3 Å². The molecule has 2 fully saturated rings. The molecule has 1 aliphatic carbocycles. The highest BCUT2D eigenvalue weighted by Crippen LogP contribution is 2.40. The summed E-state index contributed by atoms with van der Waals surface area (Å²) in [6.45, 7) is 11.8. The first-order chi connectivity index (χ1) is 8.91. The molecule has 0 aromatic carbocycles. The summed E-state index contributed by atoms with van der Waals surface area (Å²) in [5, 5.41) is 10.4. The Morgan fingerprint density at radius 2 is 1.89 bits per heavy atom. The lowest BCUT2D eigenvalue weighted by Crippen LogP contribution is -2.52. The Morgan fingerprint density at radius 3 is 2.53 bits per heavy atom. The molecule has 2 nitrogen and oxygen atoms in total. The van der Waals surface area contributed by atoms with E-state index >= 15 is 0 Å². The van der Waals surface area contributed by atoms with Gasteiger partial charge in [0.1, 0.15) is 0 Å². The molecule has 0 aromatic rings. The van der Waals surface area contributed by atoms with Gasteiger partial charge in [-0.1, -0.05) is 34.1 Å². The topological polar surface area (TPSA) is 23.5 Å². The van der Waals surface area contributed by atoms with Gasteiger partial charge in [0.2, 0.25) is 0 Å². The summed E-state index contributed by atoms with van der Waals surface area (Å²) < 4.78 is 0. The van der Waals surface area contributed by atoms with Crippen LogP contribution in [0, 0.1) is 17.3 Å². The lowest BCUT2D eigenvalue weighted by atomic mass is 9.69. The standard InChI is InChI=1S/C17H33NO/c1-5-13-7-6-10-18(12-13)15-11-14(17(2,3)4)8-9-16(15)19/h13-16,19H,5-12H2,1-4H3. The Bertz CT molecular complexity index is 283. The Hall–Kier alpha value is -0.0800. The van der Waals surface area contributed by atoms with E-state index in [4.69, 9.17) is 0 Å². The largest absolute Gasteiger partial charge is 0.391 e. The van der Waals surface area contributed by atoms with Crippen LogP contribution in [-0.4, -0.2) is 35.2 Å². The fourth-order valence-electron chi connectivity index (χ4n) is 4.04. The second-order valence-electron chi connectivity index (χ2n) is 7.92. The van der Waals surface area contributed by atoms with Crippen molar-refractivity contribution < 1.29 is 5.11 Å². The monoisotopic (exact) mass is 267 g/mol. The van der Waals surface area contributed by atoms with Gasteiger partial charge in [-0.25, -0.2) is 0 Å². The van der Waals surface area contributed by atoms with Crippen molar-refractivity contribution in [1.29, 1.82) is 0 Å². The van der Waals surface area contributed by atoms with E-state index in [2.05, 4.69) is 32.6 Å². The highest BCUT2D eigenvalue weighted by molar-refractivity contribution is 4.92. The smallest absolute Gasteiger partial charge is 0.0695 e. The first kappa shape index (κ1) is 15.3. The predicted octanol–water partition coefficient (Wildman–Crippen LogP) is 3.68. The predicted molar refractivity (Wildman–Crippen MR) is 81.2 cm³/mol. The van der Waals surface area contributed by atoms with Gasteiger partial charge in [0.25, 0.3) is 0 Å². The number of aliphatic hydroxyl groups is 1. The first-order valence-electron chi connectivity index (χ1n) is 8.34. The van der Waals surface area contributed by atoms with Crippen LogP contribution in [0.1, 0.15) is 66.2 Å². The van der Waals surface area contributed by atoms with Crippen molar-refractivity contribution in [2.45, 2.75) is 78.4 Å². The summed E-state index contributed by atoms with van der Waals surface area (Å²) in [5.74, 6) is 1.62. The van der Waals surface area contributed by atoms with Gasteiger partial charge in [0.15, 0.2) is 0 Å². The summed E-state index contributed by atoms with van der Waals surface area (Å²) in [6, 6.07) is 0.423. The third kappa shape index (κ3) is 3.72. The van der Waals surface area contributed by atoms with Gasteiger partial charge >= 0.3 is 0 Å². The van der Waals surface area contributed by atoms with Crippen LogP contribution in [0.3, 0.4) is 0 Å². The second kappa shape index (κ2) is 6.13. The van der Waals surface area contributed by atoms with E-state index in [-0.39, 0.29) is 6.10 Å². The van der Waals surface area contributed by atoms with E-state index in [1.807, 2.05) is 0 Å². The fraction of sp³-hybridized carbons (Fsp3) is 1.00. The van der Waals surface area contributed by atoms with Gasteiger partial charge in [0, 0.05) is 12.6 Å². The molecule has 1 saturated carbocycles. The Balaban J connectivity index is 2.00. The number of aliphatic hydroxyl groups excluding tert-OH is 1. The average molecular weight is 267 g/mol. The molecule has 2 aliphatic rings. The van der Waals surface area contributed by atoms with Crippen LogP contribution in [-0.2, 0) is 0 Å². The fourth-order valence-corrected chi connectivity index (χ4v) is 4.04. The zero-order valence-electron chi connectivity index (χ0n) is 13.4. The van der Waals surface area contributed by atoms with Crippen LogP contribution >= 0.6 is 0 Å². The zero-order chi connectivity index (χ0) is 14.0. The highest BCUT2D eigenvalue weighted by atomic mass is 16.3. The van der Waals surface area contributed by atoms with Gasteiger partial charge in [-0.15, -0.1) is 0 Å². The van der Waals surface area contributed by atoms with Crippen LogP contribution in [0.15, 0.2) is 0 Å². The van der Waals surface area contributed by atoms with Crippen molar-refractivity contribution in [3.63, 3.8) is 0 Å². The van der Waals surface area contributed by atoms with Crippen LogP contribution in [0.5, 0.6) is 0 Å². The van der Waals surface area contributed by atoms with Crippen LogP contribution < -0.4 is 0 Å². The summed E-state index contributed by atoms with van der Waals surface area (Å²) >= 11 is 0. The van der Waals surface area contributed by atoms with Crippen LogP contribution in [0.4, 0.5) is 0 Å². The maximum absolute atomic E-state index is 10.4.